The Labute approximate surface area is 123 Å². The molecule has 1 aromatic heterocycles. The summed E-state index contributed by atoms with van der Waals surface area (Å²) in [5.74, 6) is 0.986. The van der Waals surface area contributed by atoms with Crippen LogP contribution in [0.2, 0.25) is 0 Å². The molecule has 0 saturated heterocycles. The minimum atomic E-state index is -0.311. The number of benzene rings is 1. The quantitative estimate of drug-likeness (QED) is 0.762. The summed E-state index contributed by atoms with van der Waals surface area (Å²) in [6.07, 6.45) is 1.56. The summed E-state index contributed by atoms with van der Waals surface area (Å²) in [6.45, 7) is 2.62. The van der Waals surface area contributed by atoms with E-state index in [1.165, 1.54) is 10.1 Å². The van der Waals surface area contributed by atoms with Crippen molar-refractivity contribution in [1.82, 2.24) is 4.57 Å². The van der Waals surface area contributed by atoms with Crippen LogP contribution in [0.1, 0.15) is 5.56 Å². The van der Waals surface area contributed by atoms with E-state index in [9.17, 15) is 4.79 Å². The van der Waals surface area contributed by atoms with Crippen molar-refractivity contribution in [3.8, 4) is 17.6 Å². The van der Waals surface area contributed by atoms with Gasteiger partial charge in [0.2, 0.25) is 0 Å². The Morgan fingerprint density at radius 1 is 1.14 bits per heavy atom. The molecule has 0 bridgehead atoms. The molecule has 2 aromatic rings. The zero-order valence-electron chi connectivity index (χ0n) is 11.8. The van der Waals surface area contributed by atoms with Crippen LogP contribution in [0.5, 0.6) is 11.5 Å². The lowest BCUT2D eigenvalue weighted by Crippen LogP contribution is -2.22. The van der Waals surface area contributed by atoms with Crippen LogP contribution in [0.4, 0.5) is 0 Å². The first-order chi connectivity index (χ1) is 10.2. The fraction of sp³-hybridized carbons (Fsp3) is 0.250. The van der Waals surface area contributed by atoms with Gasteiger partial charge in [0.05, 0.1) is 6.07 Å². The van der Waals surface area contributed by atoms with Gasteiger partial charge in [-0.3, -0.25) is 9.36 Å². The van der Waals surface area contributed by atoms with Crippen LogP contribution >= 0.6 is 0 Å². The molecule has 0 aliphatic heterocycles. The maximum atomic E-state index is 11.9. The van der Waals surface area contributed by atoms with Crippen molar-refractivity contribution in [2.75, 3.05) is 13.2 Å². The van der Waals surface area contributed by atoms with Gasteiger partial charge in [0.1, 0.15) is 25.5 Å². The summed E-state index contributed by atoms with van der Waals surface area (Å²) >= 11 is 0. The normalized spacial score (nSPS) is 9.90. The van der Waals surface area contributed by atoms with E-state index in [2.05, 4.69) is 0 Å². The third kappa shape index (κ3) is 4.11. The highest BCUT2D eigenvalue weighted by Crippen LogP contribution is 2.11. The van der Waals surface area contributed by atoms with Gasteiger partial charge in [-0.05, 0) is 31.2 Å². The van der Waals surface area contributed by atoms with E-state index in [1.54, 1.807) is 18.3 Å². The van der Waals surface area contributed by atoms with E-state index in [-0.39, 0.29) is 24.5 Å². The lowest BCUT2D eigenvalue weighted by molar-refractivity contribution is 0.214. The molecule has 0 N–H and O–H groups in total. The first-order valence-corrected chi connectivity index (χ1v) is 6.59. The van der Waals surface area contributed by atoms with Crippen LogP contribution in [0, 0.1) is 18.3 Å². The van der Waals surface area contributed by atoms with Gasteiger partial charge < -0.3 is 9.47 Å². The molecule has 0 atom stereocenters. The molecule has 0 aliphatic rings. The molecular weight excluding hydrogens is 268 g/mol. The number of hydrogen-bond acceptors (Lipinski definition) is 4. The first kappa shape index (κ1) is 14.7. The average Bonchev–Trinajstić information content (AvgIpc) is 2.49. The third-order valence-corrected chi connectivity index (χ3v) is 2.86. The highest BCUT2D eigenvalue weighted by atomic mass is 16.5. The molecule has 108 valence electrons. The number of nitriles is 1. The summed E-state index contributed by atoms with van der Waals surface area (Å²) in [6, 6.07) is 12.9. The largest absolute Gasteiger partial charge is 0.490 e. The van der Waals surface area contributed by atoms with Crippen LogP contribution in [0.15, 0.2) is 47.4 Å². The standard InChI is InChI=1S/C16H16N2O3/c1-13-4-6-14(7-5-13)20-11-12-21-15-3-2-9-18(10-8-17)16(15)19/h2-7,9H,10-12H2,1H3. The fourth-order valence-electron chi connectivity index (χ4n) is 1.77. The number of rotatable bonds is 6. The van der Waals surface area contributed by atoms with Crippen LogP contribution < -0.4 is 15.0 Å². The van der Waals surface area contributed by atoms with Gasteiger partial charge in [-0.15, -0.1) is 0 Å². The Morgan fingerprint density at radius 2 is 1.86 bits per heavy atom. The lowest BCUT2D eigenvalue weighted by Gasteiger charge is -2.09. The molecule has 0 amide bonds. The summed E-state index contributed by atoms with van der Waals surface area (Å²) in [7, 11) is 0. The molecule has 5 heteroatoms. The van der Waals surface area contributed by atoms with E-state index < -0.39 is 0 Å². The van der Waals surface area contributed by atoms with Crippen LogP contribution in [0.3, 0.4) is 0 Å². The number of hydrogen-bond donors (Lipinski definition) is 0. The SMILES string of the molecule is Cc1ccc(OCCOc2cccn(CC#N)c2=O)cc1. The molecule has 21 heavy (non-hydrogen) atoms. The maximum Gasteiger partial charge on any atom is 0.293 e. The van der Waals surface area contributed by atoms with Crippen molar-refractivity contribution < 1.29 is 9.47 Å². The van der Waals surface area contributed by atoms with Crippen LogP contribution in [-0.4, -0.2) is 17.8 Å². The predicted molar refractivity (Wildman–Crippen MR) is 78.5 cm³/mol. The zero-order valence-corrected chi connectivity index (χ0v) is 11.8. The minimum absolute atomic E-state index is 0.00982. The zero-order chi connectivity index (χ0) is 15.1. The molecule has 0 saturated carbocycles. The van der Waals surface area contributed by atoms with Crippen molar-refractivity contribution in [3.63, 3.8) is 0 Å². The molecule has 0 spiro atoms. The predicted octanol–water partition coefficient (Wildman–Crippen LogP) is 2.14. The first-order valence-electron chi connectivity index (χ1n) is 6.59. The van der Waals surface area contributed by atoms with Crippen molar-refractivity contribution in [3.05, 3.63) is 58.5 Å². The van der Waals surface area contributed by atoms with Crippen LogP contribution in [-0.2, 0) is 6.54 Å². The lowest BCUT2D eigenvalue weighted by atomic mass is 10.2. The molecule has 1 heterocycles. The van der Waals surface area contributed by atoms with Gasteiger partial charge in [0.25, 0.3) is 5.56 Å². The van der Waals surface area contributed by atoms with Crippen molar-refractivity contribution in [1.29, 1.82) is 5.26 Å². The topological polar surface area (TPSA) is 64.2 Å². The van der Waals surface area contributed by atoms with E-state index >= 15 is 0 Å². The van der Waals surface area contributed by atoms with Gasteiger partial charge in [0.15, 0.2) is 5.75 Å². The second kappa shape index (κ2) is 7.15. The molecule has 0 unspecified atom stereocenters. The summed E-state index contributed by atoms with van der Waals surface area (Å²) < 4.78 is 12.2. The molecule has 0 radical (unpaired) electrons. The highest BCUT2D eigenvalue weighted by Gasteiger charge is 2.03. The van der Waals surface area contributed by atoms with Crippen molar-refractivity contribution >= 4 is 0 Å². The molecule has 0 aliphatic carbocycles. The number of nitrogens with zero attached hydrogens (tertiary/aromatic N) is 2. The third-order valence-electron chi connectivity index (χ3n) is 2.86. The molecule has 1 aromatic carbocycles. The average molecular weight is 284 g/mol. The molecule has 5 nitrogen and oxygen atoms in total. The number of aryl methyl sites for hydroxylation is 1. The fourth-order valence-corrected chi connectivity index (χ4v) is 1.77. The second-order valence-corrected chi connectivity index (χ2v) is 4.47. The second-order valence-electron chi connectivity index (χ2n) is 4.47. The summed E-state index contributed by atoms with van der Waals surface area (Å²) in [4.78, 5) is 11.9. The maximum absolute atomic E-state index is 11.9. The summed E-state index contributed by atoms with van der Waals surface area (Å²) in [5, 5.41) is 8.62. The summed E-state index contributed by atoms with van der Waals surface area (Å²) in [5.41, 5.74) is 0.857. The minimum Gasteiger partial charge on any atom is -0.490 e. The van der Waals surface area contributed by atoms with Crippen LogP contribution in [0.25, 0.3) is 0 Å². The van der Waals surface area contributed by atoms with E-state index in [1.807, 2.05) is 37.3 Å². The Balaban J connectivity index is 1.86. The van der Waals surface area contributed by atoms with E-state index in [0.717, 1.165) is 5.75 Å². The van der Waals surface area contributed by atoms with Gasteiger partial charge in [0, 0.05) is 6.20 Å². The number of pyridine rings is 1. The Bertz CT molecular complexity index is 684. The van der Waals surface area contributed by atoms with Crippen molar-refractivity contribution in [2.45, 2.75) is 13.5 Å². The van der Waals surface area contributed by atoms with Gasteiger partial charge in [-0.25, -0.2) is 0 Å². The van der Waals surface area contributed by atoms with Gasteiger partial charge in [-0.2, -0.15) is 5.26 Å². The molecule has 0 fully saturated rings. The Hall–Kier alpha value is -2.74. The van der Waals surface area contributed by atoms with Crippen molar-refractivity contribution in [2.24, 2.45) is 0 Å². The molecular formula is C16H16N2O3. The monoisotopic (exact) mass is 284 g/mol. The Kier molecular flexibility index (Phi) is 4.99. The number of aromatic nitrogens is 1. The van der Waals surface area contributed by atoms with E-state index in [0.29, 0.717) is 6.61 Å². The van der Waals surface area contributed by atoms with E-state index in [4.69, 9.17) is 14.7 Å². The van der Waals surface area contributed by atoms with Gasteiger partial charge in [-0.1, -0.05) is 17.7 Å². The smallest absolute Gasteiger partial charge is 0.293 e. The number of ether oxygens (including phenoxy) is 2. The Morgan fingerprint density at radius 3 is 2.57 bits per heavy atom. The highest BCUT2D eigenvalue weighted by molar-refractivity contribution is 5.26. The molecule has 2 rings (SSSR count). The van der Waals surface area contributed by atoms with Gasteiger partial charge >= 0.3 is 0 Å².